The number of piperidine rings is 1. The molecule has 160 valence electrons. The van der Waals surface area contributed by atoms with Gasteiger partial charge in [0.15, 0.2) is 5.69 Å². The highest BCUT2D eigenvalue weighted by molar-refractivity contribution is 7.19. The first-order valence-electron chi connectivity index (χ1n) is 10.3. The van der Waals surface area contributed by atoms with Crippen LogP contribution in [0.2, 0.25) is 0 Å². The number of aromatic nitrogens is 2. The van der Waals surface area contributed by atoms with Crippen LogP contribution in [0.4, 0.5) is 5.00 Å². The second-order valence-corrected chi connectivity index (χ2v) is 8.90. The number of benzene rings is 1. The maximum Gasteiger partial charge on any atom is 0.270 e. The Kier molecular flexibility index (Phi) is 6.39. The van der Waals surface area contributed by atoms with Gasteiger partial charge in [-0.2, -0.15) is 0 Å². The van der Waals surface area contributed by atoms with Gasteiger partial charge in [0, 0.05) is 23.5 Å². The molecular formula is C23H25N5O2S. The van der Waals surface area contributed by atoms with Crippen molar-refractivity contribution in [3.8, 4) is 10.6 Å². The maximum absolute atomic E-state index is 12.8. The number of primary amides is 1. The number of hydrogen-bond donors (Lipinski definition) is 2. The van der Waals surface area contributed by atoms with Gasteiger partial charge < -0.3 is 16.0 Å². The summed E-state index contributed by atoms with van der Waals surface area (Å²) in [4.78, 5) is 35.3. The fourth-order valence-electron chi connectivity index (χ4n) is 3.76. The van der Waals surface area contributed by atoms with Crippen molar-refractivity contribution in [2.24, 2.45) is 11.7 Å². The second kappa shape index (κ2) is 9.36. The van der Waals surface area contributed by atoms with E-state index in [4.69, 9.17) is 5.73 Å². The number of hydrogen-bond acceptors (Lipinski definition) is 6. The van der Waals surface area contributed by atoms with E-state index in [0.717, 1.165) is 25.1 Å². The van der Waals surface area contributed by atoms with Crippen molar-refractivity contribution >= 4 is 28.2 Å². The minimum absolute atomic E-state index is 0.0593. The van der Waals surface area contributed by atoms with E-state index in [9.17, 15) is 9.59 Å². The molecule has 31 heavy (non-hydrogen) atoms. The molecule has 0 aliphatic carbocycles. The van der Waals surface area contributed by atoms with Crippen molar-refractivity contribution in [1.82, 2.24) is 14.9 Å². The van der Waals surface area contributed by atoms with Crippen molar-refractivity contribution in [3.63, 3.8) is 0 Å². The predicted molar refractivity (Wildman–Crippen MR) is 122 cm³/mol. The van der Waals surface area contributed by atoms with Crippen LogP contribution < -0.4 is 11.1 Å². The molecule has 1 aliphatic rings. The molecule has 0 bridgehead atoms. The summed E-state index contributed by atoms with van der Waals surface area (Å²) in [5, 5.41) is 3.74. The van der Waals surface area contributed by atoms with Crippen LogP contribution in [0.5, 0.6) is 0 Å². The highest BCUT2D eigenvalue weighted by atomic mass is 32.1. The summed E-state index contributed by atoms with van der Waals surface area (Å²) in [6.45, 7) is 2.29. The van der Waals surface area contributed by atoms with Gasteiger partial charge in [0.1, 0.15) is 10.0 Å². The fourth-order valence-corrected chi connectivity index (χ4v) is 4.73. The first-order valence-corrected chi connectivity index (χ1v) is 11.1. The zero-order valence-corrected chi connectivity index (χ0v) is 18.2. The quantitative estimate of drug-likeness (QED) is 0.618. The van der Waals surface area contributed by atoms with Gasteiger partial charge in [-0.15, -0.1) is 0 Å². The Morgan fingerprint density at radius 3 is 2.45 bits per heavy atom. The zero-order valence-electron chi connectivity index (χ0n) is 17.4. The van der Waals surface area contributed by atoms with E-state index in [-0.39, 0.29) is 11.6 Å². The van der Waals surface area contributed by atoms with E-state index in [1.165, 1.54) is 29.7 Å². The van der Waals surface area contributed by atoms with Crippen molar-refractivity contribution in [1.29, 1.82) is 0 Å². The van der Waals surface area contributed by atoms with E-state index < -0.39 is 5.91 Å². The molecule has 3 heterocycles. The molecule has 0 atom stereocenters. The smallest absolute Gasteiger partial charge is 0.270 e. The molecular weight excluding hydrogens is 410 g/mol. The van der Waals surface area contributed by atoms with E-state index in [2.05, 4.69) is 27.2 Å². The van der Waals surface area contributed by atoms with Crippen LogP contribution in [0.25, 0.3) is 10.6 Å². The molecule has 0 radical (unpaired) electrons. The summed E-state index contributed by atoms with van der Waals surface area (Å²) in [6.07, 6.45) is 6.74. The molecule has 8 heteroatoms. The first-order chi connectivity index (χ1) is 15.0. The Morgan fingerprint density at radius 2 is 1.81 bits per heavy atom. The molecule has 3 N–H and O–H groups in total. The minimum Gasteiger partial charge on any atom is -0.364 e. The second-order valence-electron chi connectivity index (χ2n) is 7.90. The van der Waals surface area contributed by atoms with Crippen LogP contribution in [-0.2, 0) is 6.42 Å². The van der Waals surface area contributed by atoms with Crippen LogP contribution in [0.1, 0.15) is 39.3 Å². The van der Waals surface area contributed by atoms with Gasteiger partial charge in [-0.25, -0.2) is 4.98 Å². The number of rotatable bonds is 6. The third-order valence-corrected chi connectivity index (χ3v) is 6.61. The van der Waals surface area contributed by atoms with E-state index >= 15 is 0 Å². The van der Waals surface area contributed by atoms with Crippen molar-refractivity contribution in [2.75, 3.05) is 25.5 Å². The lowest BCUT2D eigenvalue weighted by molar-refractivity contribution is 0.0997. The monoisotopic (exact) mass is 435 g/mol. The van der Waals surface area contributed by atoms with Crippen LogP contribution in [0.15, 0.2) is 48.8 Å². The number of amides is 2. The lowest BCUT2D eigenvalue weighted by Gasteiger charge is -2.28. The van der Waals surface area contributed by atoms with Crippen molar-refractivity contribution < 1.29 is 9.59 Å². The molecule has 1 aromatic carbocycles. The van der Waals surface area contributed by atoms with Gasteiger partial charge in [-0.3, -0.25) is 14.6 Å². The number of anilines is 1. The zero-order chi connectivity index (χ0) is 21.8. The Morgan fingerprint density at radius 1 is 1.13 bits per heavy atom. The van der Waals surface area contributed by atoms with Gasteiger partial charge >= 0.3 is 0 Å². The van der Waals surface area contributed by atoms with Crippen LogP contribution in [0.3, 0.4) is 0 Å². The standard InChI is InChI=1S/C23H25N5O2S/c1-28-12-8-16(9-13-28)14-15-2-4-17(5-3-15)21(30)27-23-19(20(24)29)26-22(31-23)18-6-10-25-11-7-18/h2-7,10-11,16H,8-9,12-14H2,1H3,(H2,24,29)(H,27,30). The van der Waals surface area contributed by atoms with Crippen molar-refractivity contribution in [2.45, 2.75) is 19.3 Å². The highest BCUT2D eigenvalue weighted by Gasteiger charge is 2.20. The largest absolute Gasteiger partial charge is 0.364 e. The molecule has 0 unspecified atom stereocenters. The van der Waals surface area contributed by atoms with Gasteiger partial charge in [0.2, 0.25) is 0 Å². The topological polar surface area (TPSA) is 101 Å². The molecule has 2 aromatic heterocycles. The van der Waals surface area contributed by atoms with Gasteiger partial charge in [-0.05, 0) is 75.1 Å². The number of pyridine rings is 1. The third kappa shape index (κ3) is 5.15. The lowest BCUT2D eigenvalue weighted by atomic mass is 9.90. The van der Waals surface area contributed by atoms with E-state index in [1.807, 2.05) is 24.3 Å². The fraction of sp³-hybridized carbons (Fsp3) is 0.304. The number of carbonyl (C=O) groups excluding carboxylic acids is 2. The predicted octanol–water partition coefficient (Wildman–Crippen LogP) is 3.44. The SMILES string of the molecule is CN1CCC(Cc2ccc(C(=O)Nc3sc(-c4ccncc4)nc3C(N)=O)cc2)CC1. The number of nitrogens with zero attached hydrogens (tertiary/aromatic N) is 3. The summed E-state index contributed by atoms with van der Waals surface area (Å²) in [5.74, 6) is -0.281. The van der Waals surface area contributed by atoms with Crippen LogP contribution >= 0.6 is 11.3 Å². The molecule has 1 aliphatic heterocycles. The lowest BCUT2D eigenvalue weighted by Crippen LogP contribution is -2.30. The molecule has 0 spiro atoms. The Labute approximate surface area is 185 Å². The van der Waals surface area contributed by atoms with Gasteiger partial charge in [0.05, 0.1) is 0 Å². The molecule has 7 nitrogen and oxygen atoms in total. The van der Waals surface area contributed by atoms with Gasteiger partial charge in [0.25, 0.3) is 11.8 Å². The average molecular weight is 436 g/mol. The summed E-state index contributed by atoms with van der Waals surface area (Å²) in [7, 11) is 2.16. The highest BCUT2D eigenvalue weighted by Crippen LogP contribution is 2.32. The van der Waals surface area contributed by atoms with E-state index in [0.29, 0.717) is 21.5 Å². The van der Waals surface area contributed by atoms with Gasteiger partial charge in [-0.1, -0.05) is 23.5 Å². The Balaban J connectivity index is 1.45. The summed E-state index contributed by atoms with van der Waals surface area (Å²) in [5.41, 5.74) is 8.11. The van der Waals surface area contributed by atoms with E-state index in [1.54, 1.807) is 24.5 Å². The molecule has 2 amide bonds. The summed E-state index contributed by atoms with van der Waals surface area (Å²) in [6, 6.07) is 11.3. The molecule has 1 fully saturated rings. The summed E-state index contributed by atoms with van der Waals surface area (Å²) < 4.78 is 0. The normalized spacial score (nSPS) is 15.0. The number of nitrogens with one attached hydrogen (secondary N) is 1. The van der Waals surface area contributed by atoms with Crippen LogP contribution in [0, 0.1) is 5.92 Å². The minimum atomic E-state index is -0.680. The Bertz CT molecular complexity index is 1060. The number of nitrogens with two attached hydrogens (primary N) is 1. The molecule has 1 saturated heterocycles. The number of carbonyl (C=O) groups is 2. The maximum atomic E-state index is 12.8. The Hall–Kier alpha value is -3.10. The molecule has 3 aromatic rings. The average Bonchev–Trinajstić information content (AvgIpc) is 3.20. The first kappa shape index (κ1) is 21.1. The molecule has 0 saturated carbocycles. The molecule has 4 rings (SSSR count). The number of likely N-dealkylation sites (tertiary alicyclic amines) is 1. The summed E-state index contributed by atoms with van der Waals surface area (Å²) >= 11 is 1.21. The number of thiazole rings is 1. The van der Waals surface area contributed by atoms with Crippen LogP contribution in [-0.4, -0.2) is 46.8 Å². The van der Waals surface area contributed by atoms with Crippen molar-refractivity contribution in [3.05, 3.63) is 65.6 Å². The third-order valence-electron chi connectivity index (χ3n) is 5.59.